The van der Waals surface area contributed by atoms with Crippen molar-refractivity contribution in [3.05, 3.63) is 23.8 Å². The molecule has 0 radical (unpaired) electrons. The van der Waals surface area contributed by atoms with E-state index in [0.717, 1.165) is 6.08 Å². The zero-order chi connectivity index (χ0) is 12.4. The summed E-state index contributed by atoms with van der Waals surface area (Å²) in [5.41, 5.74) is 4.86. The van der Waals surface area contributed by atoms with E-state index < -0.39 is 23.9 Å². The topological polar surface area (TPSA) is 63.3 Å². The second-order valence-electron chi connectivity index (χ2n) is 4.07. The minimum Gasteiger partial charge on any atom is -0.480 e. The van der Waals surface area contributed by atoms with Gasteiger partial charge in [-0.15, -0.1) is 0 Å². The Morgan fingerprint density at radius 2 is 2.31 bits per heavy atom. The van der Waals surface area contributed by atoms with Crippen molar-refractivity contribution in [3.8, 4) is 0 Å². The van der Waals surface area contributed by atoms with Crippen LogP contribution < -0.4 is 5.73 Å². The molecule has 0 spiro atoms. The molecule has 0 saturated carbocycles. The van der Waals surface area contributed by atoms with Crippen LogP contribution in [-0.4, -0.2) is 22.5 Å². The highest BCUT2D eigenvalue weighted by Crippen LogP contribution is 2.29. The van der Waals surface area contributed by atoms with Crippen LogP contribution in [0, 0.1) is 0 Å². The lowest BCUT2D eigenvalue weighted by Crippen LogP contribution is -2.47. The molecule has 0 aromatic heterocycles. The molecule has 5 heteroatoms. The zero-order valence-electron chi connectivity index (χ0n) is 9.04. The molecule has 0 aliphatic heterocycles. The number of hydrogen-bond donors (Lipinski definition) is 2. The first-order valence-corrected chi connectivity index (χ1v) is 5.07. The average molecular weight is 231 g/mol. The lowest BCUT2D eigenvalue weighted by atomic mass is 9.87. The molecule has 1 rings (SSSR count). The largest absolute Gasteiger partial charge is 0.480 e. The number of allylic oxidation sites excluding steroid dienone is 3. The third-order valence-electron chi connectivity index (χ3n) is 2.75. The van der Waals surface area contributed by atoms with E-state index in [9.17, 15) is 13.6 Å². The Labute approximate surface area is 92.6 Å². The number of aliphatic carboxylic acids is 1. The van der Waals surface area contributed by atoms with Gasteiger partial charge in [0.15, 0.2) is 0 Å². The molecule has 0 aromatic rings. The van der Waals surface area contributed by atoms with Crippen LogP contribution in [0.2, 0.25) is 0 Å². The minimum atomic E-state index is -2.82. The van der Waals surface area contributed by atoms with E-state index >= 15 is 0 Å². The zero-order valence-corrected chi connectivity index (χ0v) is 9.04. The van der Waals surface area contributed by atoms with Crippen LogP contribution in [0.4, 0.5) is 8.78 Å². The SMILES string of the molecule is CCC(N)(CC1=CCC(F)(F)C=C1)C(=O)O. The Bertz CT molecular complexity index is 350. The Morgan fingerprint density at radius 1 is 1.69 bits per heavy atom. The van der Waals surface area contributed by atoms with Gasteiger partial charge in [0.25, 0.3) is 5.92 Å². The van der Waals surface area contributed by atoms with Gasteiger partial charge >= 0.3 is 5.97 Å². The fourth-order valence-electron chi connectivity index (χ4n) is 1.48. The Hall–Kier alpha value is -1.23. The fourth-order valence-corrected chi connectivity index (χ4v) is 1.48. The molecule has 0 heterocycles. The summed E-state index contributed by atoms with van der Waals surface area (Å²) in [7, 11) is 0. The van der Waals surface area contributed by atoms with Crippen molar-refractivity contribution in [3.63, 3.8) is 0 Å². The number of carboxylic acid groups (broad SMARTS) is 1. The van der Waals surface area contributed by atoms with E-state index in [1.54, 1.807) is 6.92 Å². The van der Waals surface area contributed by atoms with Crippen molar-refractivity contribution in [1.82, 2.24) is 0 Å². The maximum atomic E-state index is 12.8. The number of carbonyl (C=O) groups is 1. The van der Waals surface area contributed by atoms with Crippen LogP contribution >= 0.6 is 0 Å². The molecule has 0 fully saturated rings. The highest BCUT2D eigenvalue weighted by atomic mass is 19.3. The van der Waals surface area contributed by atoms with E-state index in [1.165, 1.54) is 12.2 Å². The normalized spacial score (nSPS) is 22.4. The Morgan fingerprint density at radius 3 is 2.69 bits per heavy atom. The molecule has 3 N–H and O–H groups in total. The van der Waals surface area contributed by atoms with E-state index in [4.69, 9.17) is 10.8 Å². The number of alkyl halides is 2. The first kappa shape index (κ1) is 12.8. The quantitative estimate of drug-likeness (QED) is 0.778. The maximum absolute atomic E-state index is 12.8. The van der Waals surface area contributed by atoms with Gasteiger partial charge in [-0.05, 0) is 18.1 Å². The third-order valence-corrected chi connectivity index (χ3v) is 2.75. The molecule has 0 amide bonds. The van der Waals surface area contributed by atoms with Crippen molar-refractivity contribution in [2.75, 3.05) is 0 Å². The lowest BCUT2D eigenvalue weighted by molar-refractivity contribution is -0.143. The van der Waals surface area contributed by atoms with Gasteiger partial charge in [0.1, 0.15) is 5.54 Å². The molecule has 1 atom stereocenters. The van der Waals surface area contributed by atoms with Gasteiger partial charge in [0, 0.05) is 12.8 Å². The summed E-state index contributed by atoms with van der Waals surface area (Å²) in [5, 5.41) is 8.94. The second-order valence-corrected chi connectivity index (χ2v) is 4.07. The summed E-state index contributed by atoms with van der Waals surface area (Å²) in [6.07, 6.45) is 3.33. The molecule has 0 aromatic carbocycles. The van der Waals surface area contributed by atoms with Gasteiger partial charge < -0.3 is 10.8 Å². The molecule has 0 saturated heterocycles. The molecule has 1 aliphatic carbocycles. The van der Waals surface area contributed by atoms with Crippen molar-refractivity contribution in [2.24, 2.45) is 5.73 Å². The summed E-state index contributed by atoms with van der Waals surface area (Å²) < 4.78 is 25.5. The van der Waals surface area contributed by atoms with Crippen LogP contribution in [0.1, 0.15) is 26.2 Å². The fraction of sp³-hybridized carbons (Fsp3) is 0.545. The third kappa shape index (κ3) is 2.88. The van der Waals surface area contributed by atoms with Crippen molar-refractivity contribution < 1.29 is 18.7 Å². The molecular formula is C11H15F2NO2. The van der Waals surface area contributed by atoms with Crippen molar-refractivity contribution in [2.45, 2.75) is 37.6 Å². The highest BCUT2D eigenvalue weighted by molar-refractivity contribution is 5.79. The number of carboxylic acids is 1. The van der Waals surface area contributed by atoms with Crippen molar-refractivity contribution in [1.29, 1.82) is 0 Å². The van der Waals surface area contributed by atoms with E-state index in [1.807, 2.05) is 0 Å². The first-order valence-electron chi connectivity index (χ1n) is 5.07. The van der Waals surface area contributed by atoms with Gasteiger partial charge in [-0.1, -0.05) is 19.1 Å². The van der Waals surface area contributed by atoms with Crippen LogP contribution in [-0.2, 0) is 4.79 Å². The summed E-state index contributed by atoms with van der Waals surface area (Å²) in [6.45, 7) is 1.66. The van der Waals surface area contributed by atoms with E-state index in [-0.39, 0.29) is 12.8 Å². The molecule has 0 bridgehead atoms. The Kier molecular flexibility index (Phi) is 3.48. The highest BCUT2D eigenvalue weighted by Gasteiger charge is 2.34. The van der Waals surface area contributed by atoms with Gasteiger partial charge in [0.2, 0.25) is 0 Å². The first-order chi connectivity index (χ1) is 7.29. The van der Waals surface area contributed by atoms with E-state index in [0.29, 0.717) is 5.57 Å². The smallest absolute Gasteiger partial charge is 0.324 e. The summed E-state index contributed by atoms with van der Waals surface area (Å²) >= 11 is 0. The van der Waals surface area contributed by atoms with Crippen LogP contribution in [0.15, 0.2) is 23.8 Å². The number of rotatable bonds is 4. The molecule has 1 aliphatic rings. The summed E-state index contributed by atoms with van der Waals surface area (Å²) in [5.74, 6) is -3.93. The minimum absolute atomic E-state index is 0.0748. The predicted molar refractivity (Wildman–Crippen MR) is 56.2 cm³/mol. The van der Waals surface area contributed by atoms with Gasteiger partial charge in [-0.3, -0.25) is 4.79 Å². The molecule has 3 nitrogen and oxygen atoms in total. The van der Waals surface area contributed by atoms with Crippen LogP contribution in [0.3, 0.4) is 0 Å². The second kappa shape index (κ2) is 4.33. The van der Waals surface area contributed by atoms with Crippen molar-refractivity contribution >= 4 is 5.97 Å². The molecular weight excluding hydrogens is 216 g/mol. The lowest BCUT2D eigenvalue weighted by Gasteiger charge is -2.25. The number of hydrogen-bond acceptors (Lipinski definition) is 2. The maximum Gasteiger partial charge on any atom is 0.324 e. The number of nitrogens with two attached hydrogens (primary N) is 1. The van der Waals surface area contributed by atoms with Gasteiger partial charge in [-0.25, -0.2) is 8.78 Å². The van der Waals surface area contributed by atoms with Gasteiger partial charge in [0.05, 0.1) is 0 Å². The monoisotopic (exact) mass is 231 g/mol. The predicted octanol–water partition coefficient (Wildman–Crippen LogP) is 2.09. The van der Waals surface area contributed by atoms with Crippen LogP contribution in [0.5, 0.6) is 0 Å². The summed E-state index contributed by atoms with van der Waals surface area (Å²) in [6, 6.07) is 0. The van der Waals surface area contributed by atoms with E-state index in [2.05, 4.69) is 0 Å². The standard InChI is InChI=1S/C11H15F2NO2/c1-2-10(14,9(15)16)7-8-3-5-11(12,13)6-4-8/h3-5H,2,6-7,14H2,1H3,(H,15,16). The Balaban J connectivity index is 2.73. The molecule has 90 valence electrons. The number of halogens is 2. The molecule has 16 heavy (non-hydrogen) atoms. The average Bonchev–Trinajstić information content (AvgIpc) is 2.21. The van der Waals surface area contributed by atoms with Gasteiger partial charge in [-0.2, -0.15) is 0 Å². The molecule has 1 unspecified atom stereocenters. The summed E-state index contributed by atoms with van der Waals surface area (Å²) in [4.78, 5) is 10.9. The van der Waals surface area contributed by atoms with Crippen LogP contribution in [0.25, 0.3) is 0 Å².